The van der Waals surface area contributed by atoms with Crippen LogP contribution in [0.3, 0.4) is 0 Å². The number of amidine groups is 1. The first kappa shape index (κ1) is 11.7. The Morgan fingerprint density at radius 3 is 2.95 bits per heavy atom. The topological polar surface area (TPSA) is 82.2 Å². The molecule has 0 spiro atoms. The molecule has 0 unspecified atom stereocenters. The van der Waals surface area contributed by atoms with Gasteiger partial charge in [-0.05, 0) is 25.1 Å². The molecule has 4 N–H and O–H groups in total. The molecular weight excluding hydrogens is 245 g/mol. The average Bonchev–Trinajstić information content (AvgIpc) is 2.80. The molecule has 1 aromatic carbocycles. The summed E-state index contributed by atoms with van der Waals surface area (Å²) in [5, 5.41) is 0. The van der Waals surface area contributed by atoms with E-state index in [2.05, 4.69) is 9.98 Å². The Hall–Kier alpha value is -2.37. The summed E-state index contributed by atoms with van der Waals surface area (Å²) in [6.07, 6.45) is 3.31. The van der Waals surface area contributed by atoms with Gasteiger partial charge in [-0.3, -0.25) is 4.99 Å². The van der Waals surface area contributed by atoms with Crippen molar-refractivity contribution in [2.24, 2.45) is 10.7 Å². The van der Waals surface area contributed by atoms with Crippen LogP contribution in [-0.2, 0) is 12.1 Å². The minimum atomic E-state index is -0.781. The summed E-state index contributed by atoms with van der Waals surface area (Å²) >= 11 is 0. The number of aliphatic imine (C=N–C) groups is 1. The first-order valence-corrected chi connectivity index (χ1v) is 5.91. The lowest BCUT2D eigenvalue weighted by molar-refractivity contribution is 0.384. The highest BCUT2D eigenvalue weighted by atomic mass is 19.1. The third-order valence-electron chi connectivity index (χ3n) is 3.39. The molecule has 2 aromatic rings. The number of nitrogens with zero attached hydrogens (tertiary/aromatic N) is 3. The quantitative estimate of drug-likeness (QED) is 0.756. The molecular formula is C13H14FN5. The number of hydrogen-bond donors (Lipinski definition) is 2. The molecule has 98 valence electrons. The van der Waals surface area contributed by atoms with Crippen molar-refractivity contribution < 1.29 is 4.39 Å². The number of nitrogen functional groups attached to an aromatic ring is 1. The first-order chi connectivity index (χ1) is 8.99. The lowest BCUT2D eigenvalue weighted by atomic mass is 9.90. The Morgan fingerprint density at radius 1 is 1.37 bits per heavy atom. The standard InChI is InChI=1S/C13H14FN5/c1-13(9-4-8(15)2-3-10(9)14)6-19-7-17-5-11(19)12(16)18-13/h2-5,7H,6,15H2,1H3,(H2,16,18)/t13-/m0/s1. The van der Waals surface area contributed by atoms with Gasteiger partial charge in [-0.1, -0.05) is 0 Å². The summed E-state index contributed by atoms with van der Waals surface area (Å²) in [6.45, 7) is 2.31. The van der Waals surface area contributed by atoms with Crippen LogP contribution in [0.15, 0.2) is 35.7 Å². The van der Waals surface area contributed by atoms with Crippen LogP contribution in [0, 0.1) is 5.82 Å². The van der Waals surface area contributed by atoms with Gasteiger partial charge in [0.1, 0.15) is 22.9 Å². The normalized spacial score (nSPS) is 21.9. The Bertz CT molecular complexity index is 675. The minimum Gasteiger partial charge on any atom is -0.399 e. The summed E-state index contributed by atoms with van der Waals surface area (Å²) in [5.74, 6) is 0.0184. The molecule has 2 heterocycles. The predicted molar refractivity (Wildman–Crippen MR) is 71.1 cm³/mol. The summed E-state index contributed by atoms with van der Waals surface area (Å²) < 4.78 is 15.9. The molecule has 0 amide bonds. The zero-order valence-corrected chi connectivity index (χ0v) is 10.5. The van der Waals surface area contributed by atoms with Gasteiger partial charge in [0.15, 0.2) is 0 Å². The Morgan fingerprint density at radius 2 is 2.16 bits per heavy atom. The second-order valence-electron chi connectivity index (χ2n) is 4.92. The van der Waals surface area contributed by atoms with Crippen LogP contribution in [0.25, 0.3) is 0 Å². The third-order valence-corrected chi connectivity index (χ3v) is 3.39. The van der Waals surface area contributed by atoms with Gasteiger partial charge in [0, 0.05) is 11.3 Å². The van der Waals surface area contributed by atoms with Gasteiger partial charge in [-0.2, -0.15) is 0 Å². The number of benzene rings is 1. The van der Waals surface area contributed by atoms with E-state index < -0.39 is 5.54 Å². The maximum absolute atomic E-state index is 14.0. The van der Waals surface area contributed by atoms with Crippen molar-refractivity contribution in [2.75, 3.05) is 5.73 Å². The van der Waals surface area contributed by atoms with E-state index in [0.717, 1.165) is 5.69 Å². The Labute approximate surface area is 109 Å². The van der Waals surface area contributed by atoms with E-state index in [1.807, 2.05) is 11.5 Å². The number of fused-ring (bicyclic) bond motifs is 1. The van der Waals surface area contributed by atoms with Crippen molar-refractivity contribution in [3.63, 3.8) is 0 Å². The van der Waals surface area contributed by atoms with Gasteiger partial charge in [-0.15, -0.1) is 0 Å². The molecule has 1 aliphatic heterocycles. The lowest BCUT2D eigenvalue weighted by Crippen LogP contribution is -2.37. The summed E-state index contributed by atoms with van der Waals surface area (Å²) in [4.78, 5) is 8.48. The van der Waals surface area contributed by atoms with E-state index in [1.54, 1.807) is 18.6 Å². The fraction of sp³-hybridized carbons (Fsp3) is 0.231. The fourth-order valence-corrected chi connectivity index (χ4v) is 2.45. The van der Waals surface area contributed by atoms with Crippen LogP contribution in [0.2, 0.25) is 0 Å². The van der Waals surface area contributed by atoms with Gasteiger partial charge in [0.05, 0.1) is 19.1 Å². The van der Waals surface area contributed by atoms with E-state index in [-0.39, 0.29) is 5.82 Å². The third kappa shape index (κ3) is 1.76. The fourth-order valence-electron chi connectivity index (χ4n) is 2.45. The highest BCUT2D eigenvalue weighted by Gasteiger charge is 2.34. The summed E-state index contributed by atoms with van der Waals surface area (Å²) in [5.41, 5.74) is 12.6. The average molecular weight is 259 g/mol. The monoisotopic (exact) mass is 259 g/mol. The number of aromatic nitrogens is 2. The smallest absolute Gasteiger partial charge is 0.145 e. The molecule has 6 heteroatoms. The van der Waals surface area contributed by atoms with E-state index >= 15 is 0 Å². The molecule has 0 saturated heterocycles. The van der Waals surface area contributed by atoms with Crippen LogP contribution in [-0.4, -0.2) is 15.4 Å². The second-order valence-corrected chi connectivity index (χ2v) is 4.92. The first-order valence-electron chi connectivity index (χ1n) is 5.91. The molecule has 0 aliphatic carbocycles. The Balaban J connectivity index is 2.15. The van der Waals surface area contributed by atoms with Crippen molar-refractivity contribution in [2.45, 2.75) is 19.0 Å². The lowest BCUT2D eigenvalue weighted by Gasteiger charge is -2.31. The maximum atomic E-state index is 14.0. The van der Waals surface area contributed by atoms with Crippen molar-refractivity contribution >= 4 is 11.5 Å². The van der Waals surface area contributed by atoms with Gasteiger partial charge in [0.2, 0.25) is 0 Å². The van der Waals surface area contributed by atoms with Crippen LogP contribution in [0.5, 0.6) is 0 Å². The zero-order chi connectivity index (χ0) is 13.6. The van der Waals surface area contributed by atoms with E-state index in [0.29, 0.717) is 23.6 Å². The second kappa shape index (κ2) is 3.81. The number of halogens is 1. The molecule has 19 heavy (non-hydrogen) atoms. The van der Waals surface area contributed by atoms with Gasteiger partial charge < -0.3 is 16.0 Å². The van der Waals surface area contributed by atoms with Gasteiger partial charge in [0.25, 0.3) is 0 Å². The molecule has 1 aromatic heterocycles. The van der Waals surface area contributed by atoms with E-state index in [9.17, 15) is 4.39 Å². The molecule has 5 nitrogen and oxygen atoms in total. The van der Waals surface area contributed by atoms with Gasteiger partial charge in [-0.25, -0.2) is 9.37 Å². The molecule has 3 rings (SSSR count). The number of hydrogen-bond acceptors (Lipinski definition) is 4. The Kier molecular flexibility index (Phi) is 2.35. The van der Waals surface area contributed by atoms with Crippen LogP contribution >= 0.6 is 0 Å². The maximum Gasteiger partial charge on any atom is 0.145 e. The SMILES string of the molecule is C[C@@]1(c2cc(N)ccc2F)Cn2cncc2C(N)=N1. The van der Waals surface area contributed by atoms with Crippen LogP contribution < -0.4 is 11.5 Å². The molecule has 0 fully saturated rings. The summed E-state index contributed by atoms with van der Waals surface area (Å²) in [6, 6.07) is 4.49. The molecule has 0 bridgehead atoms. The van der Waals surface area contributed by atoms with Crippen LogP contribution in [0.4, 0.5) is 10.1 Å². The number of nitrogens with two attached hydrogens (primary N) is 2. The number of rotatable bonds is 1. The van der Waals surface area contributed by atoms with Crippen LogP contribution in [0.1, 0.15) is 18.2 Å². The largest absolute Gasteiger partial charge is 0.399 e. The highest BCUT2D eigenvalue weighted by molar-refractivity contribution is 5.96. The van der Waals surface area contributed by atoms with Crippen molar-refractivity contribution in [3.8, 4) is 0 Å². The minimum absolute atomic E-state index is 0.336. The number of imidazole rings is 1. The zero-order valence-electron chi connectivity index (χ0n) is 10.5. The highest BCUT2D eigenvalue weighted by Crippen LogP contribution is 2.34. The number of anilines is 1. The van der Waals surface area contributed by atoms with Gasteiger partial charge >= 0.3 is 0 Å². The molecule has 0 saturated carbocycles. The van der Waals surface area contributed by atoms with Crippen molar-refractivity contribution in [3.05, 3.63) is 47.8 Å². The molecule has 1 aliphatic rings. The molecule has 1 atom stereocenters. The summed E-state index contributed by atoms with van der Waals surface area (Å²) in [7, 11) is 0. The van der Waals surface area contributed by atoms with Crippen molar-refractivity contribution in [1.82, 2.24) is 9.55 Å². The van der Waals surface area contributed by atoms with E-state index in [1.165, 1.54) is 12.1 Å². The predicted octanol–water partition coefficient (Wildman–Crippen LogP) is 1.24. The molecule has 0 radical (unpaired) electrons. The van der Waals surface area contributed by atoms with E-state index in [4.69, 9.17) is 11.5 Å². The van der Waals surface area contributed by atoms with Crippen molar-refractivity contribution in [1.29, 1.82) is 0 Å².